The number of carbonyl (C=O) groups excluding carboxylic acids is 1. The van der Waals surface area contributed by atoms with Gasteiger partial charge < -0.3 is 9.80 Å². The van der Waals surface area contributed by atoms with E-state index < -0.39 is 0 Å². The van der Waals surface area contributed by atoms with Crippen LogP contribution in [-0.4, -0.2) is 60.5 Å². The molecule has 0 N–H and O–H groups in total. The van der Waals surface area contributed by atoms with Gasteiger partial charge in [0.2, 0.25) is 0 Å². The van der Waals surface area contributed by atoms with Gasteiger partial charge in [-0.25, -0.2) is 9.18 Å². The molecule has 1 aromatic carbocycles. The number of carbonyl (C=O) groups is 1. The van der Waals surface area contributed by atoms with Crippen LogP contribution in [0.2, 0.25) is 0 Å². The minimum atomic E-state index is -0.228. The molecule has 0 aromatic heterocycles. The van der Waals surface area contributed by atoms with Crippen molar-refractivity contribution < 1.29 is 9.18 Å². The van der Waals surface area contributed by atoms with Gasteiger partial charge in [0.05, 0.1) is 6.04 Å². The molecule has 1 atom stereocenters. The Hall–Kier alpha value is -1.62. The van der Waals surface area contributed by atoms with E-state index in [0.717, 1.165) is 31.7 Å². The average Bonchev–Trinajstić information content (AvgIpc) is 2.50. The molecule has 4 nitrogen and oxygen atoms in total. The second-order valence-electron chi connectivity index (χ2n) is 5.45. The van der Waals surface area contributed by atoms with Crippen LogP contribution in [-0.2, 0) is 0 Å². The lowest BCUT2D eigenvalue weighted by atomic mass is 10.0. The first-order valence-corrected chi connectivity index (χ1v) is 7.56. The highest BCUT2D eigenvalue weighted by atomic mass is 19.1. The molecule has 2 amide bonds. The fraction of sp³-hybridized carbons (Fsp3) is 0.562. The van der Waals surface area contributed by atoms with Crippen LogP contribution in [0.4, 0.5) is 9.18 Å². The van der Waals surface area contributed by atoms with E-state index in [0.29, 0.717) is 6.54 Å². The summed E-state index contributed by atoms with van der Waals surface area (Å²) in [5.74, 6) is -0.228. The SMILES string of the molecule is CCN(CC)C(=O)N1CCN(C)C(c2ccc(F)cc2)C1. The number of piperazine rings is 1. The van der Waals surface area contributed by atoms with Gasteiger partial charge in [0.15, 0.2) is 0 Å². The monoisotopic (exact) mass is 293 g/mol. The third kappa shape index (κ3) is 3.53. The molecule has 0 aliphatic carbocycles. The van der Waals surface area contributed by atoms with Gasteiger partial charge in [-0.05, 0) is 38.6 Å². The molecular weight excluding hydrogens is 269 g/mol. The molecule has 0 bridgehead atoms. The van der Waals surface area contributed by atoms with E-state index in [2.05, 4.69) is 4.90 Å². The number of hydrogen-bond acceptors (Lipinski definition) is 2. The molecule has 116 valence electrons. The van der Waals surface area contributed by atoms with Crippen LogP contribution in [0.5, 0.6) is 0 Å². The van der Waals surface area contributed by atoms with Crippen molar-refractivity contribution in [3.05, 3.63) is 35.6 Å². The molecule has 5 heteroatoms. The van der Waals surface area contributed by atoms with E-state index in [1.165, 1.54) is 12.1 Å². The Morgan fingerprint density at radius 3 is 2.43 bits per heavy atom. The normalized spacial score (nSPS) is 19.6. The molecule has 1 fully saturated rings. The molecule has 21 heavy (non-hydrogen) atoms. The highest BCUT2D eigenvalue weighted by Crippen LogP contribution is 2.24. The van der Waals surface area contributed by atoms with E-state index in [4.69, 9.17) is 0 Å². The van der Waals surface area contributed by atoms with Crippen molar-refractivity contribution in [3.8, 4) is 0 Å². The number of nitrogens with zero attached hydrogens (tertiary/aromatic N) is 3. The quantitative estimate of drug-likeness (QED) is 0.856. The van der Waals surface area contributed by atoms with Gasteiger partial charge in [-0.3, -0.25) is 4.90 Å². The Morgan fingerprint density at radius 1 is 1.24 bits per heavy atom. The molecule has 0 radical (unpaired) electrons. The fourth-order valence-corrected chi connectivity index (χ4v) is 2.79. The summed E-state index contributed by atoms with van der Waals surface area (Å²) in [6, 6.07) is 6.80. The maximum Gasteiger partial charge on any atom is 0.320 e. The Kier molecular flexibility index (Phi) is 5.17. The molecule has 1 aromatic rings. The van der Waals surface area contributed by atoms with Crippen LogP contribution in [0.25, 0.3) is 0 Å². The molecule has 0 spiro atoms. The van der Waals surface area contributed by atoms with Gasteiger partial charge >= 0.3 is 6.03 Å². The molecule has 1 aliphatic rings. The van der Waals surface area contributed by atoms with Crippen LogP contribution in [0.15, 0.2) is 24.3 Å². The summed E-state index contributed by atoms with van der Waals surface area (Å²) in [5, 5.41) is 0. The predicted molar refractivity (Wildman–Crippen MR) is 81.7 cm³/mol. The van der Waals surface area contributed by atoms with Gasteiger partial charge in [0.25, 0.3) is 0 Å². The van der Waals surface area contributed by atoms with Crippen molar-refractivity contribution in [1.82, 2.24) is 14.7 Å². The van der Waals surface area contributed by atoms with Crippen LogP contribution in [0, 0.1) is 5.82 Å². The van der Waals surface area contributed by atoms with E-state index >= 15 is 0 Å². The molecule has 2 rings (SSSR count). The molecule has 0 saturated carbocycles. The molecular formula is C16H24FN3O. The van der Waals surface area contributed by atoms with E-state index in [9.17, 15) is 9.18 Å². The number of urea groups is 1. The number of rotatable bonds is 3. The third-order valence-electron chi connectivity index (χ3n) is 4.21. The van der Waals surface area contributed by atoms with Gasteiger partial charge in [0.1, 0.15) is 5.82 Å². The van der Waals surface area contributed by atoms with Crippen molar-refractivity contribution in [2.45, 2.75) is 19.9 Å². The summed E-state index contributed by atoms with van der Waals surface area (Å²) >= 11 is 0. The predicted octanol–water partition coefficient (Wildman–Crippen LogP) is 2.58. The lowest BCUT2D eigenvalue weighted by Gasteiger charge is -2.41. The Bertz CT molecular complexity index is 473. The van der Waals surface area contributed by atoms with Crippen molar-refractivity contribution in [1.29, 1.82) is 0 Å². The zero-order valence-corrected chi connectivity index (χ0v) is 13.1. The summed E-state index contributed by atoms with van der Waals surface area (Å²) in [6.45, 7) is 7.66. The number of benzene rings is 1. The zero-order valence-electron chi connectivity index (χ0n) is 13.1. The van der Waals surface area contributed by atoms with Crippen LogP contribution in [0.1, 0.15) is 25.5 Å². The second kappa shape index (κ2) is 6.89. The number of amides is 2. The summed E-state index contributed by atoms with van der Waals surface area (Å²) in [4.78, 5) is 18.4. The molecule has 1 saturated heterocycles. The first-order valence-electron chi connectivity index (χ1n) is 7.56. The minimum Gasteiger partial charge on any atom is -0.325 e. The summed E-state index contributed by atoms with van der Waals surface area (Å²) in [7, 11) is 2.05. The van der Waals surface area contributed by atoms with Gasteiger partial charge in [-0.15, -0.1) is 0 Å². The van der Waals surface area contributed by atoms with Gasteiger partial charge in [-0.2, -0.15) is 0 Å². The Morgan fingerprint density at radius 2 is 1.86 bits per heavy atom. The van der Waals surface area contributed by atoms with Crippen LogP contribution < -0.4 is 0 Å². The minimum absolute atomic E-state index is 0.0974. The first-order chi connectivity index (χ1) is 10.1. The maximum absolute atomic E-state index is 13.1. The van der Waals surface area contributed by atoms with E-state index in [1.807, 2.05) is 42.8 Å². The van der Waals surface area contributed by atoms with Crippen molar-refractivity contribution in [2.24, 2.45) is 0 Å². The highest BCUT2D eigenvalue weighted by molar-refractivity contribution is 5.74. The molecule has 1 aliphatic heterocycles. The third-order valence-corrected chi connectivity index (χ3v) is 4.21. The number of halogens is 1. The van der Waals surface area contributed by atoms with Gasteiger partial charge in [-0.1, -0.05) is 12.1 Å². The lowest BCUT2D eigenvalue weighted by Crippen LogP contribution is -2.53. The van der Waals surface area contributed by atoms with E-state index in [-0.39, 0.29) is 17.9 Å². The first kappa shape index (κ1) is 15.8. The maximum atomic E-state index is 13.1. The molecule has 1 unspecified atom stereocenters. The summed E-state index contributed by atoms with van der Waals surface area (Å²) < 4.78 is 13.1. The average molecular weight is 293 g/mol. The number of likely N-dealkylation sites (N-methyl/N-ethyl adjacent to an activating group) is 1. The van der Waals surface area contributed by atoms with Gasteiger partial charge in [0, 0.05) is 32.7 Å². The highest BCUT2D eigenvalue weighted by Gasteiger charge is 2.29. The second-order valence-corrected chi connectivity index (χ2v) is 5.45. The van der Waals surface area contributed by atoms with E-state index in [1.54, 1.807) is 0 Å². The smallest absolute Gasteiger partial charge is 0.320 e. The Labute approximate surface area is 126 Å². The van der Waals surface area contributed by atoms with Crippen molar-refractivity contribution >= 4 is 6.03 Å². The Balaban J connectivity index is 2.12. The lowest BCUT2D eigenvalue weighted by molar-refractivity contribution is 0.0914. The fourth-order valence-electron chi connectivity index (χ4n) is 2.79. The summed E-state index contributed by atoms with van der Waals surface area (Å²) in [6.07, 6.45) is 0. The van der Waals surface area contributed by atoms with Crippen LogP contribution >= 0.6 is 0 Å². The van der Waals surface area contributed by atoms with Crippen molar-refractivity contribution in [3.63, 3.8) is 0 Å². The molecule has 1 heterocycles. The number of hydrogen-bond donors (Lipinski definition) is 0. The summed E-state index contributed by atoms with van der Waals surface area (Å²) in [5.41, 5.74) is 1.05. The standard InChI is InChI=1S/C16H24FN3O/c1-4-19(5-2)16(21)20-11-10-18(3)15(12-20)13-6-8-14(17)9-7-13/h6-9,15H,4-5,10-12H2,1-3H3. The van der Waals surface area contributed by atoms with Crippen molar-refractivity contribution in [2.75, 3.05) is 39.8 Å². The topological polar surface area (TPSA) is 26.8 Å². The van der Waals surface area contributed by atoms with Crippen LogP contribution in [0.3, 0.4) is 0 Å². The largest absolute Gasteiger partial charge is 0.325 e. The zero-order chi connectivity index (χ0) is 15.4.